The van der Waals surface area contributed by atoms with Gasteiger partial charge in [-0.15, -0.1) is 0 Å². The first-order chi connectivity index (χ1) is 8.22. The molecular weight excluding hydrogens is 216 g/mol. The molecule has 0 aliphatic carbocycles. The second-order valence-corrected chi connectivity index (χ2v) is 3.88. The molecule has 2 aromatic rings. The highest BCUT2D eigenvalue weighted by atomic mass is 15.3. The number of nitrogen functional groups attached to an aromatic ring is 1. The van der Waals surface area contributed by atoms with Crippen molar-refractivity contribution in [3.63, 3.8) is 0 Å². The van der Waals surface area contributed by atoms with E-state index in [-0.39, 0.29) is 0 Å². The molecule has 6 nitrogen and oxygen atoms in total. The van der Waals surface area contributed by atoms with Crippen LogP contribution in [-0.2, 0) is 20.0 Å². The Labute approximate surface area is 100 Å². The van der Waals surface area contributed by atoms with Gasteiger partial charge < -0.3 is 11.1 Å². The molecule has 0 amide bonds. The fourth-order valence-corrected chi connectivity index (χ4v) is 1.79. The Bertz CT molecular complexity index is 470. The lowest BCUT2D eigenvalue weighted by atomic mass is 10.3. The zero-order valence-corrected chi connectivity index (χ0v) is 10.2. The lowest BCUT2D eigenvalue weighted by Crippen LogP contribution is -2.13. The molecule has 0 saturated carbocycles. The first-order valence-electron chi connectivity index (χ1n) is 5.75. The molecule has 0 saturated heterocycles. The predicted molar refractivity (Wildman–Crippen MR) is 67.7 cm³/mol. The van der Waals surface area contributed by atoms with Crippen LogP contribution in [0.1, 0.15) is 12.6 Å². The largest absolute Gasteiger partial charge is 0.394 e. The first-order valence-corrected chi connectivity index (χ1v) is 5.75. The summed E-state index contributed by atoms with van der Waals surface area (Å²) in [6, 6.07) is 1.91. The standard InChI is InChI=1S/C11H18N6/c1-3-9-10(12)11(16(2)15-9)13-6-8-17-7-4-5-14-17/h4-5,7,13H,3,6,8,12H2,1-2H3. The van der Waals surface area contributed by atoms with Crippen LogP contribution in [0.5, 0.6) is 0 Å². The normalized spacial score (nSPS) is 10.7. The molecule has 0 aliphatic heterocycles. The fraction of sp³-hybridized carbons (Fsp3) is 0.455. The van der Waals surface area contributed by atoms with Gasteiger partial charge in [0, 0.05) is 26.0 Å². The second kappa shape index (κ2) is 4.90. The van der Waals surface area contributed by atoms with Crippen molar-refractivity contribution in [1.82, 2.24) is 19.6 Å². The molecule has 2 rings (SSSR count). The maximum atomic E-state index is 6.01. The van der Waals surface area contributed by atoms with E-state index in [1.807, 2.05) is 30.9 Å². The molecule has 2 aromatic heterocycles. The highest BCUT2D eigenvalue weighted by Crippen LogP contribution is 2.21. The van der Waals surface area contributed by atoms with Crippen LogP contribution in [0.2, 0.25) is 0 Å². The van der Waals surface area contributed by atoms with Gasteiger partial charge in [-0.25, -0.2) is 0 Å². The van der Waals surface area contributed by atoms with Crippen LogP contribution in [0.3, 0.4) is 0 Å². The second-order valence-electron chi connectivity index (χ2n) is 3.88. The van der Waals surface area contributed by atoms with Gasteiger partial charge in [0.1, 0.15) is 5.82 Å². The summed E-state index contributed by atoms with van der Waals surface area (Å²) in [6.07, 6.45) is 4.56. The van der Waals surface area contributed by atoms with Gasteiger partial charge >= 0.3 is 0 Å². The third-order valence-electron chi connectivity index (χ3n) is 2.69. The van der Waals surface area contributed by atoms with Gasteiger partial charge in [-0.2, -0.15) is 10.2 Å². The van der Waals surface area contributed by atoms with E-state index in [1.165, 1.54) is 0 Å². The number of nitrogens with zero attached hydrogens (tertiary/aromatic N) is 4. The van der Waals surface area contributed by atoms with Gasteiger partial charge in [-0.05, 0) is 12.5 Å². The fourth-order valence-electron chi connectivity index (χ4n) is 1.79. The molecule has 92 valence electrons. The number of hydrogen-bond acceptors (Lipinski definition) is 4. The number of hydrogen-bond donors (Lipinski definition) is 2. The first kappa shape index (κ1) is 11.5. The van der Waals surface area contributed by atoms with E-state index in [0.717, 1.165) is 36.7 Å². The van der Waals surface area contributed by atoms with Crippen molar-refractivity contribution in [2.24, 2.45) is 7.05 Å². The van der Waals surface area contributed by atoms with E-state index in [1.54, 1.807) is 10.9 Å². The van der Waals surface area contributed by atoms with Crippen molar-refractivity contribution in [3.8, 4) is 0 Å². The highest BCUT2D eigenvalue weighted by molar-refractivity contribution is 5.64. The monoisotopic (exact) mass is 234 g/mol. The van der Waals surface area contributed by atoms with Crippen molar-refractivity contribution in [2.75, 3.05) is 17.6 Å². The molecule has 3 N–H and O–H groups in total. The molecule has 0 aliphatic rings. The molecule has 17 heavy (non-hydrogen) atoms. The van der Waals surface area contributed by atoms with Crippen LogP contribution < -0.4 is 11.1 Å². The van der Waals surface area contributed by atoms with E-state index in [2.05, 4.69) is 15.5 Å². The van der Waals surface area contributed by atoms with E-state index in [9.17, 15) is 0 Å². The van der Waals surface area contributed by atoms with Crippen molar-refractivity contribution >= 4 is 11.5 Å². The van der Waals surface area contributed by atoms with Crippen molar-refractivity contribution < 1.29 is 0 Å². The summed E-state index contributed by atoms with van der Waals surface area (Å²) in [5, 5.41) is 11.8. The maximum absolute atomic E-state index is 6.01. The Balaban J connectivity index is 1.97. The van der Waals surface area contributed by atoms with Crippen LogP contribution in [0.25, 0.3) is 0 Å². The van der Waals surface area contributed by atoms with Crippen LogP contribution in [-0.4, -0.2) is 26.1 Å². The average molecular weight is 234 g/mol. The topological polar surface area (TPSA) is 73.7 Å². The molecule has 6 heteroatoms. The average Bonchev–Trinajstić information content (AvgIpc) is 2.91. The number of nitrogens with one attached hydrogen (secondary N) is 1. The predicted octanol–water partition coefficient (Wildman–Crippen LogP) is 0.873. The molecular formula is C11H18N6. The van der Waals surface area contributed by atoms with Crippen molar-refractivity contribution in [2.45, 2.75) is 19.9 Å². The Kier molecular flexibility index (Phi) is 3.32. The quantitative estimate of drug-likeness (QED) is 0.805. The van der Waals surface area contributed by atoms with Gasteiger partial charge in [0.15, 0.2) is 0 Å². The summed E-state index contributed by atoms with van der Waals surface area (Å²) in [5.74, 6) is 0.883. The Morgan fingerprint density at radius 2 is 2.29 bits per heavy atom. The Morgan fingerprint density at radius 1 is 1.47 bits per heavy atom. The van der Waals surface area contributed by atoms with Gasteiger partial charge in [-0.1, -0.05) is 6.92 Å². The van der Waals surface area contributed by atoms with Gasteiger partial charge in [0.2, 0.25) is 0 Å². The minimum Gasteiger partial charge on any atom is -0.394 e. The number of aryl methyl sites for hydroxylation is 2. The molecule has 0 fully saturated rings. The smallest absolute Gasteiger partial charge is 0.147 e. The molecule has 0 radical (unpaired) electrons. The summed E-state index contributed by atoms with van der Waals surface area (Å²) >= 11 is 0. The van der Waals surface area contributed by atoms with Crippen LogP contribution in [0, 0.1) is 0 Å². The Morgan fingerprint density at radius 3 is 2.88 bits per heavy atom. The molecule has 0 atom stereocenters. The minimum absolute atomic E-state index is 0.746. The Hall–Kier alpha value is -1.98. The summed E-state index contributed by atoms with van der Waals surface area (Å²) < 4.78 is 3.66. The van der Waals surface area contributed by atoms with E-state index < -0.39 is 0 Å². The van der Waals surface area contributed by atoms with Gasteiger partial charge in [-0.3, -0.25) is 9.36 Å². The third-order valence-corrected chi connectivity index (χ3v) is 2.69. The number of rotatable bonds is 5. The third kappa shape index (κ3) is 2.41. The number of nitrogens with two attached hydrogens (primary N) is 1. The van der Waals surface area contributed by atoms with Crippen LogP contribution in [0.4, 0.5) is 11.5 Å². The summed E-state index contributed by atoms with van der Waals surface area (Å²) in [7, 11) is 1.89. The summed E-state index contributed by atoms with van der Waals surface area (Å²) in [6.45, 7) is 3.62. The molecule has 0 spiro atoms. The summed E-state index contributed by atoms with van der Waals surface area (Å²) in [4.78, 5) is 0. The van der Waals surface area contributed by atoms with E-state index >= 15 is 0 Å². The molecule has 0 unspecified atom stereocenters. The minimum atomic E-state index is 0.746. The molecule has 2 heterocycles. The zero-order chi connectivity index (χ0) is 12.3. The lowest BCUT2D eigenvalue weighted by Gasteiger charge is -2.07. The SMILES string of the molecule is CCc1nn(C)c(NCCn2cccn2)c1N. The van der Waals surface area contributed by atoms with Crippen LogP contribution >= 0.6 is 0 Å². The van der Waals surface area contributed by atoms with Gasteiger partial charge in [0.05, 0.1) is 17.9 Å². The van der Waals surface area contributed by atoms with E-state index in [0.29, 0.717) is 0 Å². The van der Waals surface area contributed by atoms with Crippen LogP contribution in [0.15, 0.2) is 18.5 Å². The van der Waals surface area contributed by atoms with Crippen molar-refractivity contribution in [1.29, 1.82) is 0 Å². The van der Waals surface area contributed by atoms with E-state index in [4.69, 9.17) is 5.73 Å². The van der Waals surface area contributed by atoms with Crippen molar-refractivity contribution in [3.05, 3.63) is 24.2 Å². The molecule has 0 aromatic carbocycles. The number of aromatic nitrogens is 4. The number of anilines is 2. The lowest BCUT2D eigenvalue weighted by molar-refractivity contribution is 0.633. The molecule has 0 bridgehead atoms. The maximum Gasteiger partial charge on any atom is 0.147 e. The zero-order valence-electron chi connectivity index (χ0n) is 10.2. The summed E-state index contributed by atoms with van der Waals surface area (Å²) in [5.41, 5.74) is 7.69. The highest BCUT2D eigenvalue weighted by Gasteiger charge is 2.10. The van der Waals surface area contributed by atoms with Gasteiger partial charge in [0.25, 0.3) is 0 Å².